The first-order valence-electron chi connectivity index (χ1n) is 22.8. The number of carbonyl (C=O) groups excluding carboxylic acids is 4. The van der Waals surface area contributed by atoms with E-state index >= 15 is 0 Å². The molecule has 356 valence electrons. The highest BCUT2D eigenvalue weighted by Crippen LogP contribution is 2.41. The minimum Gasteiger partial charge on any atom is -0.490 e. The molecule has 0 atom stereocenters. The zero-order valence-electron chi connectivity index (χ0n) is 39.2. The number of hydrogen-bond donors (Lipinski definition) is 2. The average Bonchev–Trinajstić information content (AvgIpc) is 3.83. The number of halogens is 1. The summed E-state index contributed by atoms with van der Waals surface area (Å²) in [6.07, 6.45) is 9.39. The first-order valence-corrected chi connectivity index (χ1v) is 23.2. The van der Waals surface area contributed by atoms with Crippen LogP contribution in [0.2, 0.25) is 5.15 Å². The molecule has 2 fully saturated rings. The minimum absolute atomic E-state index is 0.141. The molecule has 68 heavy (non-hydrogen) atoms. The molecular formula is C48H54ClN11O8. The standard InChI is InChI=1S/C28H32N6O5.C20H22ClN5O3/c1-27(2,3)39-26(36)33-14-28(15-33)16-34-24(25(35)31-28)20-6-5-17-12-30-22(10-21(17)23(20)32-34)18-9-19(13-29-11-18)38-8-7-37-4;1-19(2,3)29-18(28)25-8-20(9-25)10-26-16(17(27)23-20)12-5-4-11-7-22-14(21)6-13(11)15(12)24-26/h9-13H,5-8,14-16H2,1-4H3,(H,31,35);6-7H,4-5,8-10H2,1-3H3,(H,23,27). The molecule has 0 radical (unpaired) electrons. The Kier molecular flexibility index (Phi) is 11.0. The molecule has 11 rings (SSSR count). The van der Waals surface area contributed by atoms with Gasteiger partial charge >= 0.3 is 12.2 Å². The Bertz CT molecular complexity index is 2890. The van der Waals surface area contributed by atoms with Gasteiger partial charge in [-0.1, -0.05) is 11.6 Å². The summed E-state index contributed by atoms with van der Waals surface area (Å²) in [7, 11) is 1.63. The predicted molar refractivity (Wildman–Crippen MR) is 247 cm³/mol. The highest BCUT2D eigenvalue weighted by Gasteiger charge is 2.53. The summed E-state index contributed by atoms with van der Waals surface area (Å²) in [6.45, 7) is 14.6. The number of rotatable bonds is 5. The first kappa shape index (κ1) is 45.2. The fourth-order valence-corrected chi connectivity index (χ4v) is 10.0. The molecule has 0 unspecified atom stereocenters. The van der Waals surface area contributed by atoms with Gasteiger partial charge in [-0.05, 0) is 96.6 Å². The van der Waals surface area contributed by atoms with Gasteiger partial charge in [-0.2, -0.15) is 10.2 Å². The second-order valence-corrected chi connectivity index (χ2v) is 20.8. The molecule has 2 aliphatic carbocycles. The molecule has 19 nitrogen and oxygen atoms in total. The largest absolute Gasteiger partial charge is 0.490 e. The van der Waals surface area contributed by atoms with Crippen LogP contribution in [0.15, 0.2) is 43.0 Å². The van der Waals surface area contributed by atoms with Crippen LogP contribution in [0.1, 0.15) is 84.8 Å². The van der Waals surface area contributed by atoms with E-state index in [1.54, 1.807) is 40.2 Å². The van der Waals surface area contributed by atoms with Gasteiger partial charge < -0.3 is 39.4 Å². The molecule has 6 aliphatic rings. The Labute approximate surface area is 397 Å². The number of nitrogens with one attached hydrogen (secondary N) is 2. The van der Waals surface area contributed by atoms with Crippen molar-refractivity contribution in [2.45, 2.75) is 103 Å². The van der Waals surface area contributed by atoms with Gasteiger partial charge in [-0.15, -0.1) is 0 Å². The van der Waals surface area contributed by atoms with Crippen LogP contribution in [-0.2, 0) is 53.0 Å². The van der Waals surface area contributed by atoms with Crippen molar-refractivity contribution in [3.05, 3.63) is 81.8 Å². The predicted octanol–water partition coefficient (Wildman–Crippen LogP) is 5.29. The van der Waals surface area contributed by atoms with Gasteiger partial charge in [0.1, 0.15) is 40.1 Å². The Morgan fingerprint density at radius 2 is 1.19 bits per heavy atom. The van der Waals surface area contributed by atoms with E-state index in [-0.39, 0.29) is 24.0 Å². The van der Waals surface area contributed by atoms with Crippen molar-refractivity contribution in [1.29, 1.82) is 0 Å². The van der Waals surface area contributed by atoms with E-state index in [4.69, 9.17) is 40.7 Å². The molecule has 4 amide bonds. The number of methoxy groups -OCH3 is 1. The van der Waals surface area contributed by atoms with Crippen molar-refractivity contribution in [3.63, 3.8) is 0 Å². The topological polar surface area (TPSA) is 210 Å². The van der Waals surface area contributed by atoms with Crippen molar-refractivity contribution < 1.29 is 38.1 Å². The number of pyridine rings is 3. The summed E-state index contributed by atoms with van der Waals surface area (Å²) in [5, 5.41) is 16.4. The van der Waals surface area contributed by atoms with E-state index in [0.29, 0.717) is 81.2 Å². The minimum atomic E-state index is -0.570. The van der Waals surface area contributed by atoms with Crippen LogP contribution >= 0.6 is 11.6 Å². The Morgan fingerprint density at radius 1 is 0.676 bits per heavy atom. The maximum atomic E-state index is 13.3. The number of likely N-dealkylation sites (tertiary alicyclic amines) is 2. The second kappa shape index (κ2) is 16.6. The molecule has 9 heterocycles. The maximum Gasteiger partial charge on any atom is 0.410 e. The molecule has 0 bridgehead atoms. The average molecular weight is 948 g/mol. The maximum absolute atomic E-state index is 13.3. The lowest BCUT2D eigenvalue weighted by Gasteiger charge is -2.51. The van der Waals surface area contributed by atoms with Crippen molar-refractivity contribution in [2.24, 2.45) is 0 Å². The molecule has 2 spiro atoms. The van der Waals surface area contributed by atoms with Crippen molar-refractivity contribution in [1.82, 2.24) is 54.9 Å². The monoisotopic (exact) mass is 947 g/mol. The Hall–Kier alpha value is -6.60. The molecule has 5 aromatic heterocycles. The third kappa shape index (κ3) is 8.50. The number of ether oxygens (including phenoxy) is 4. The highest BCUT2D eigenvalue weighted by molar-refractivity contribution is 6.29. The van der Waals surface area contributed by atoms with Gasteiger partial charge in [0.2, 0.25) is 0 Å². The molecule has 0 saturated carbocycles. The van der Waals surface area contributed by atoms with Crippen LogP contribution < -0.4 is 15.4 Å². The van der Waals surface area contributed by atoms with Crippen LogP contribution in [0.3, 0.4) is 0 Å². The zero-order valence-corrected chi connectivity index (χ0v) is 40.0. The summed E-state index contributed by atoms with van der Waals surface area (Å²) >= 11 is 6.09. The zero-order chi connectivity index (χ0) is 47.9. The molecule has 2 saturated heterocycles. The third-order valence-electron chi connectivity index (χ3n) is 12.8. The van der Waals surface area contributed by atoms with E-state index in [2.05, 4.69) is 25.6 Å². The first-order chi connectivity index (χ1) is 32.3. The van der Waals surface area contributed by atoms with Gasteiger partial charge in [-0.25, -0.2) is 14.6 Å². The number of fused-ring (bicyclic) bond motifs is 10. The van der Waals surface area contributed by atoms with Gasteiger partial charge in [0.15, 0.2) is 0 Å². The normalized spacial score (nSPS) is 17.9. The lowest BCUT2D eigenvalue weighted by molar-refractivity contribution is -0.0233. The van der Waals surface area contributed by atoms with Crippen molar-refractivity contribution >= 4 is 35.6 Å². The number of aryl methyl sites for hydroxylation is 2. The van der Waals surface area contributed by atoms with Crippen molar-refractivity contribution in [2.75, 3.05) is 46.5 Å². The van der Waals surface area contributed by atoms with Crippen LogP contribution in [-0.4, -0.2) is 137 Å². The fourth-order valence-electron chi connectivity index (χ4n) is 9.87. The van der Waals surface area contributed by atoms with Gasteiger partial charge in [0.05, 0.1) is 80.2 Å². The number of hydrogen-bond acceptors (Lipinski definition) is 13. The van der Waals surface area contributed by atoms with Gasteiger partial charge in [-0.3, -0.25) is 28.9 Å². The molecule has 0 aromatic carbocycles. The van der Waals surface area contributed by atoms with Gasteiger partial charge in [0, 0.05) is 53.5 Å². The lowest BCUT2D eigenvalue weighted by Crippen LogP contribution is -2.75. The van der Waals surface area contributed by atoms with Crippen LogP contribution in [0.25, 0.3) is 33.8 Å². The lowest BCUT2D eigenvalue weighted by atomic mass is 9.86. The van der Waals surface area contributed by atoms with E-state index in [9.17, 15) is 19.2 Å². The number of nitrogens with zero attached hydrogens (tertiary/aromatic N) is 9. The molecule has 20 heteroatoms. The number of amides is 4. The number of carbonyl (C=O) groups is 4. The van der Waals surface area contributed by atoms with E-state index < -0.39 is 22.3 Å². The Morgan fingerprint density at radius 3 is 1.71 bits per heavy atom. The van der Waals surface area contributed by atoms with Crippen molar-refractivity contribution in [3.8, 4) is 39.5 Å². The molecular weight excluding hydrogens is 894 g/mol. The molecule has 4 aliphatic heterocycles. The summed E-state index contributed by atoms with van der Waals surface area (Å²) in [6, 6.07) is 5.74. The third-order valence-corrected chi connectivity index (χ3v) is 13.0. The summed E-state index contributed by atoms with van der Waals surface area (Å²) in [5.74, 6) is 0.351. The molecule has 5 aromatic rings. The molecule has 2 N–H and O–H groups in total. The van der Waals surface area contributed by atoms with Crippen LogP contribution in [0.5, 0.6) is 5.75 Å². The summed E-state index contributed by atoms with van der Waals surface area (Å²) in [5.41, 5.74) is 8.25. The van der Waals surface area contributed by atoms with E-state index in [0.717, 1.165) is 75.3 Å². The highest BCUT2D eigenvalue weighted by atomic mass is 35.5. The van der Waals surface area contributed by atoms with Crippen LogP contribution in [0, 0.1) is 0 Å². The number of aromatic nitrogens is 7. The quantitative estimate of drug-likeness (QED) is 0.170. The smallest absolute Gasteiger partial charge is 0.410 e. The van der Waals surface area contributed by atoms with E-state index in [1.807, 2.05) is 70.6 Å². The van der Waals surface area contributed by atoms with Crippen LogP contribution in [0.4, 0.5) is 9.59 Å². The summed E-state index contributed by atoms with van der Waals surface area (Å²) in [4.78, 5) is 67.4. The van der Waals surface area contributed by atoms with E-state index in [1.165, 1.54) is 0 Å². The summed E-state index contributed by atoms with van der Waals surface area (Å²) < 4.78 is 25.3. The SMILES string of the molecule is CC(C)(C)OC(=O)N1CC2(C1)Cn1nc3c(c1C(=O)N2)CCc1cnc(Cl)cc1-3.COCCOc1cncc(-c2cc3c(cn2)CCc2c-3nn3c2C(=O)NC2(CN(C(=O)OC(C)(C)C)C2)C3)c1. The fraction of sp³-hybridized carbons (Fsp3) is 0.479. The Balaban J connectivity index is 0.000000165. The second-order valence-electron chi connectivity index (χ2n) is 20.4. The van der Waals surface area contributed by atoms with Gasteiger partial charge in [0.25, 0.3) is 11.8 Å².